The quantitative estimate of drug-likeness (QED) is 0.559. The average Bonchev–Trinajstić information content (AvgIpc) is 2.28. The number of nitrogens with two attached hydrogens (primary N) is 1. The molecule has 0 aromatic heterocycles. The predicted molar refractivity (Wildman–Crippen MR) is 68.6 cm³/mol. The summed E-state index contributed by atoms with van der Waals surface area (Å²) in [4.78, 5) is 0. The van der Waals surface area contributed by atoms with E-state index >= 15 is 0 Å². The Labute approximate surface area is 103 Å². The van der Waals surface area contributed by atoms with Crippen LogP contribution in [0.1, 0.15) is 20.3 Å². The highest BCUT2D eigenvalue weighted by Gasteiger charge is 2.00. The van der Waals surface area contributed by atoms with Crippen molar-refractivity contribution in [1.82, 2.24) is 0 Å². The summed E-state index contributed by atoms with van der Waals surface area (Å²) in [6.07, 6.45) is 1.02. The number of hydrogen-bond donors (Lipinski definition) is 1. The Morgan fingerprint density at radius 2 is 1.65 bits per heavy atom. The summed E-state index contributed by atoms with van der Waals surface area (Å²) < 4.78 is 16.2. The van der Waals surface area contributed by atoms with Crippen LogP contribution in [0.25, 0.3) is 0 Å². The van der Waals surface area contributed by atoms with Gasteiger partial charge in [-0.25, -0.2) is 0 Å². The lowest BCUT2D eigenvalue weighted by atomic mass is 10.3. The molecule has 2 N–H and O–H groups in total. The monoisotopic (exact) mass is 239 g/mol. The van der Waals surface area contributed by atoms with E-state index in [-0.39, 0.29) is 0 Å². The van der Waals surface area contributed by atoms with Crippen LogP contribution in [-0.2, 0) is 4.74 Å². The Bertz CT molecular complexity index is 328. The maximum atomic E-state index is 5.75. The van der Waals surface area contributed by atoms with E-state index in [0.717, 1.165) is 18.8 Å². The minimum atomic E-state index is 0.523. The second-order valence-electron chi connectivity index (χ2n) is 3.63. The third kappa shape index (κ3) is 5.45. The number of rotatable bonds is 8. The lowest BCUT2D eigenvalue weighted by Crippen LogP contribution is -2.07. The molecule has 1 aromatic carbocycles. The third-order valence-corrected chi connectivity index (χ3v) is 2.06. The van der Waals surface area contributed by atoms with Gasteiger partial charge in [0.2, 0.25) is 0 Å². The first-order valence-corrected chi connectivity index (χ1v) is 6.00. The molecule has 0 atom stereocenters. The Morgan fingerprint density at radius 3 is 2.29 bits per heavy atom. The Balaban J connectivity index is 2.41. The fraction of sp³-hybridized carbons (Fsp3) is 0.538. The zero-order valence-corrected chi connectivity index (χ0v) is 10.6. The molecule has 0 aliphatic rings. The maximum Gasteiger partial charge on any atom is 0.125 e. The van der Waals surface area contributed by atoms with Crippen LogP contribution < -0.4 is 15.2 Å². The summed E-state index contributed by atoms with van der Waals surface area (Å²) in [6.45, 7) is 6.50. The SMILES string of the molecule is CCCOCCOc1cc(N)cc(OCC)c1. The van der Waals surface area contributed by atoms with Crippen molar-refractivity contribution in [1.29, 1.82) is 0 Å². The summed E-state index contributed by atoms with van der Waals surface area (Å²) >= 11 is 0. The van der Waals surface area contributed by atoms with E-state index in [2.05, 4.69) is 6.92 Å². The van der Waals surface area contributed by atoms with Gasteiger partial charge in [-0.3, -0.25) is 0 Å². The largest absolute Gasteiger partial charge is 0.494 e. The number of benzene rings is 1. The first-order valence-electron chi connectivity index (χ1n) is 6.00. The predicted octanol–water partition coefficient (Wildman–Crippen LogP) is 2.47. The molecule has 0 heterocycles. The Hall–Kier alpha value is -1.42. The molecule has 1 rings (SSSR count). The molecule has 4 heteroatoms. The van der Waals surface area contributed by atoms with Crippen molar-refractivity contribution in [2.75, 3.05) is 32.2 Å². The van der Waals surface area contributed by atoms with Gasteiger partial charge in [0.15, 0.2) is 0 Å². The maximum absolute atomic E-state index is 5.75. The van der Waals surface area contributed by atoms with Crippen LogP contribution in [0.4, 0.5) is 5.69 Å². The lowest BCUT2D eigenvalue weighted by molar-refractivity contribution is 0.101. The Morgan fingerprint density at radius 1 is 0.941 bits per heavy atom. The van der Waals surface area contributed by atoms with Gasteiger partial charge in [0, 0.05) is 30.5 Å². The van der Waals surface area contributed by atoms with Crippen molar-refractivity contribution >= 4 is 5.69 Å². The summed E-state index contributed by atoms with van der Waals surface area (Å²) in [7, 11) is 0. The molecule has 0 saturated heterocycles. The minimum Gasteiger partial charge on any atom is -0.494 e. The molecule has 4 nitrogen and oxygen atoms in total. The van der Waals surface area contributed by atoms with Gasteiger partial charge in [-0.05, 0) is 13.3 Å². The van der Waals surface area contributed by atoms with Crippen molar-refractivity contribution in [2.24, 2.45) is 0 Å². The number of anilines is 1. The second kappa shape index (κ2) is 7.79. The molecule has 0 spiro atoms. The van der Waals surface area contributed by atoms with E-state index in [1.54, 1.807) is 12.1 Å². The molecular weight excluding hydrogens is 218 g/mol. The van der Waals surface area contributed by atoms with Crippen molar-refractivity contribution in [2.45, 2.75) is 20.3 Å². The van der Waals surface area contributed by atoms with E-state index in [1.165, 1.54) is 0 Å². The highest BCUT2D eigenvalue weighted by molar-refractivity contribution is 5.50. The summed E-state index contributed by atoms with van der Waals surface area (Å²) in [5.41, 5.74) is 6.39. The van der Waals surface area contributed by atoms with Gasteiger partial charge in [-0.2, -0.15) is 0 Å². The lowest BCUT2D eigenvalue weighted by Gasteiger charge is -2.10. The minimum absolute atomic E-state index is 0.523. The topological polar surface area (TPSA) is 53.7 Å². The first kappa shape index (κ1) is 13.6. The standard InChI is InChI=1S/C13H21NO3/c1-3-5-15-6-7-17-13-9-11(14)8-12(10-13)16-4-2/h8-10H,3-7,14H2,1-2H3. The van der Waals surface area contributed by atoms with Gasteiger partial charge < -0.3 is 19.9 Å². The van der Waals surface area contributed by atoms with Crippen molar-refractivity contribution in [3.8, 4) is 11.5 Å². The molecule has 0 bridgehead atoms. The molecule has 0 aliphatic heterocycles. The van der Waals surface area contributed by atoms with Gasteiger partial charge >= 0.3 is 0 Å². The molecule has 0 amide bonds. The van der Waals surface area contributed by atoms with E-state index in [4.69, 9.17) is 19.9 Å². The van der Waals surface area contributed by atoms with E-state index in [9.17, 15) is 0 Å². The fourth-order valence-corrected chi connectivity index (χ4v) is 1.39. The second-order valence-corrected chi connectivity index (χ2v) is 3.63. The third-order valence-electron chi connectivity index (χ3n) is 2.06. The van der Waals surface area contributed by atoms with Crippen LogP contribution >= 0.6 is 0 Å². The van der Waals surface area contributed by atoms with Gasteiger partial charge in [0.1, 0.15) is 18.1 Å². The first-order chi connectivity index (χ1) is 8.26. The van der Waals surface area contributed by atoms with Gasteiger partial charge in [0.25, 0.3) is 0 Å². The normalized spacial score (nSPS) is 10.2. The van der Waals surface area contributed by atoms with Crippen LogP contribution in [0.3, 0.4) is 0 Å². The molecule has 0 saturated carbocycles. The van der Waals surface area contributed by atoms with Gasteiger partial charge in [-0.1, -0.05) is 6.92 Å². The molecule has 1 aromatic rings. The molecule has 0 radical (unpaired) electrons. The zero-order chi connectivity index (χ0) is 12.5. The summed E-state index contributed by atoms with van der Waals surface area (Å²) in [6, 6.07) is 5.39. The van der Waals surface area contributed by atoms with E-state index < -0.39 is 0 Å². The number of ether oxygens (including phenoxy) is 3. The van der Waals surface area contributed by atoms with Crippen LogP contribution in [0, 0.1) is 0 Å². The highest BCUT2D eigenvalue weighted by atomic mass is 16.5. The van der Waals surface area contributed by atoms with Crippen LogP contribution in [0.5, 0.6) is 11.5 Å². The number of hydrogen-bond acceptors (Lipinski definition) is 4. The zero-order valence-electron chi connectivity index (χ0n) is 10.6. The van der Waals surface area contributed by atoms with Crippen LogP contribution in [-0.4, -0.2) is 26.4 Å². The Kier molecular flexibility index (Phi) is 6.25. The highest BCUT2D eigenvalue weighted by Crippen LogP contribution is 2.24. The fourth-order valence-electron chi connectivity index (χ4n) is 1.39. The molecular formula is C13H21NO3. The summed E-state index contributed by atoms with van der Waals surface area (Å²) in [5, 5.41) is 0. The van der Waals surface area contributed by atoms with Gasteiger partial charge in [-0.15, -0.1) is 0 Å². The number of nitrogen functional groups attached to an aromatic ring is 1. The smallest absolute Gasteiger partial charge is 0.125 e. The van der Waals surface area contributed by atoms with Crippen molar-refractivity contribution < 1.29 is 14.2 Å². The van der Waals surface area contributed by atoms with Crippen LogP contribution in [0.15, 0.2) is 18.2 Å². The summed E-state index contributed by atoms with van der Waals surface area (Å²) in [5.74, 6) is 1.45. The van der Waals surface area contributed by atoms with E-state index in [0.29, 0.717) is 31.3 Å². The molecule has 0 unspecified atom stereocenters. The van der Waals surface area contributed by atoms with E-state index in [1.807, 2.05) is 13.0 Å². The van der Waals surface area contributed by atoms with Crippen LogP contribution in [0.2, 0.25) is 0 Å². The molecule has 96 valence electrons. The van der Waals surface area contributed by atoms with Crippen molar-refractivity contribution in [3.05, 3.63) is 18.2 Å². The molecule has 0 aliphatic carbocycles. The average molecular weight is 239 g/mol. The van der Waals surface area contributed by atoms with Crippen molar-refractivity contribution in [3.63, 3.8) is 0 Å². The molecule has 17 heavy (non-hydrogen) atoms. The molecule has 0 fully saturated rings. The van der Waals surface area contributed by atoms with Gasteiger partial charge in [0.05, 0.1) is 13.2 Å².